The molecule has 2 nitrogen and oxygen atoms in total. The Morgan fingerprint density at radius 3 is 2.43 bits per heavy atom. The first-order valence-corrected chi connectivity index (χ1v) is 5.95. The van der Waals surface area contributed by atoms with Crippen molar-refractivity contribution in [3.05, 3.63) is 0 Å². The number of rotatable bonds is 7. The molecule has 14 heavy (non-hydrogen) atoms. The lowest BCUT2D eigenvalue weighted by atomic mass is 9.84. The van der Waals surface area contributed by atoms with Gasteiger partial charge < -0.3 is 10.6 Å². The van der Waals surface area contributed by atoms with Crippen LogP contribution in [0.1, 0.15) is 46.0 Å². The molecule has 1 fully saturated rings. The normalized spacial score (nSPS) is 17.8. The SMILES string of the molecule is CN(CCCC(C)(C)CCN)C1CC1. The van der Waals surface area contributed by atoms with E-state index in [9.17, 15) is 0 Å². The third kappa shape index (κ3) is 4.43. The van der Waals surface area contributed by atoms with E-state index in [1.54, 1.807) is 0 Å². The molecule has 0 bridgehead atoms. The Labute approximate surface area is 88.8 Å². The van der Waals surface area contributed by atoms with Crippen LogP contribution < -0.4 is 5.73 Å². The van der Waals surface area contributed by atoms with Crippen molar-refractivity contribution < 1.29 is 0 Å². The Bertz CT molecular complexity index is 162. The van der Waals surface area contributed by atoms with Crippen molar-refractivity contribution in [2.45, 2.75) is 52.0 Å². The topological polar surface area (TPSA) is 29.3 Å². The van der Waals surface area contributed by atoms with Crippen LogP contribution in [0.5, 0.6) is 0 Å². The van der Waals surface area contributed by atoms with Crippen LogP contribution in [0.4, 0.5) is 0 Å². The fourth-order valence-electron chi connectivity index (χ4n) is 2.02. The second-order valence-electron chi connectivity index (χ2n) is 5.52. The zero-order valence-corrected chi connectivity index (χ0v) is 10.1. The van der Waals surface area contributed by atoms with Crippen molar-refractivity contribution in [1.29, 1.82) is 0 Å². The van der Waals surface area contributed by atoms with Gasteiger partial charge in [0.2, 0.25) is 0 Å². The second-order valence-corrected chi connectivity index (χ2v) is 5.52. The molecule has 0 heterocycles. The molecule has 0 atom stereocenters. The van der Waals surface area contributed by atoms with E-state index < -0.39 is 0 Å². The third-order valence-corrected chi connectivity index (χ3v) is 3.36. The van der Waals surface area contributed by atoms with Gasteiger partial charge in [-0.2, -0.15) is 0 Å². The lowest BCUT2D eigenvalue weighted by molar-refractivity contribution is 0.258. The summed E-state index contributed by atoms with van der Waals surface area (Å²) in [7, 11) is 2.26. The number of hydrogen-bond acceptors (Lipinski definition) is 2. The molecule has 1 rings (SSSR count). The highest BCUT2D eigenvalue weighted by Crippen LogP contribution is 2.28. The Hall–Kier alpha value is -0.0800. The standard InChI is InChI=1S/C12H26N2/c1-12(2,8-9-13)7-4-10-14(3)11-5-6-11/h11H,4-10,13H2,1-3H3. The largest absolute Gasteiger partial charge is 0.330 e. The second kappa shape index (κ2) is 5.13. The highest BCUT2D eigenvalue weighted by Gasteiger charge is 2.26. The van der Waals surface area contributed by atoms with Crippen LogP contribution >= 0.6 is 0 Å². The molecule has 0 aliphatic heterocycles. The van der Waals surface area contributed by atoms with E-state index in [1.165, 1.54) is 32.2 Å². The van der Waals surface area contributed by atoms with Crippen LogP contribution in [0.2, 0.25) is 0 Å². The third-order valence-electron chi connectivity index (χ3n) is 3.36. The maximum Gasteiger partial charge on any atom is 0.00933 e. The molecule has 1 saturated carbocycles. The van der Waals surface area contributed by atoms with Gasteiger partial charge in [-0.05, 0) is 57.7 Å². The molecule has 1 aliphatic carbocycles. The number of nitrogens with zero attached hydrogens (tertiary/aromatic N) is 1. The summed E-state index contributed by atoms with van der Waals surface area (Å²) in [6, 6.07) is 0.910. The molecule has 0 amide bonds. The lowest BCUT2D eigenvalue weighted by Crippen LogP contribution is -2.24. The Morgan fingerprint density at radius 1 is 1.29 bits per heavy atom. The molecule has 0 radical (unpaired) electrons. The van der Waals surface area contributed by atoms with Gasteiger partial charge in [-0.1, -0.05) is 13.8 Å². The molecule has 2 N–H and O–H groups in total. The molecular formula is C12H26N2. The van der Waals surface area contributed by atoms with Crippen LogP contribution in [-0.2, 0) is 0 Å². The van der Waals surface area contributed by atoms with Gasteiger partial charge in [0.05, 0.1) is 0 Å². The highest BCUT2D eigenvalue weighted by atomic mass is 15.1. The van der Waals surface area contributed by atoms with E-state index in [2.05, 4.69) is 25.8 Å². The maximum absolute atomic E-state index is 5.59. The zero-order valence-electron chi connectivity index (χ0n) is 10.1. The molecule has 0 spiro atoms. The van der Waals surface area contributed by atoms with Crippen molar-refractivity contribution in [1.82, 2.24) is 4.90 Å². The number of hydrogen-bond donors (Lipinski definition) is 1. The summed E-state index contributed by atoms with van der Waals surface area (Å²) in [4.78, 5) is 2.51. The van der Waals surface area contributed by atoms with E-state index in [-0.39, 0.29) is 0 Å². The van der Waals surface area contributed by atoms with Gasteiger partial charge in [0.15, 0.2) is 0 Å². The summed E-state index contributed by atoms with van der Waals surface area (Å²) >= 11 is 0. The molecule has 0 aromatic heterocycles. The number of nitrogens with two attached hydrogens (primary N) is 1. The average molecular weight is 198 g/mol. The van der Waals surface area contributed by atoms with Gasteiger partial charge in [-0.15, -0.1) is 0 Å². The minimum atomic E-state index is 0.444. The van der Waals surface area contributed by atoms with Gasteiger partial charge in [0.1, 0.15) is 0 Å². The summed E-state index contributed by atoms with van der Waals surface area (Å²) < 4.78 is 0. The van der Waals surface area contributed by atoms with Gasteiger partial charge in [-0.3, -0.25) is 0 Å². The van der Waals surface area contributed by atoms with E-state index >= 15 is 0 Å². The van der Waals surface area contributed by atoms with Gasteiger partial charge in [-0.25, -0.2) is 0 Å². The molecular weight excluding hydrogens is 172 g/mol. The Kier molecular flexibility index (Phi) is 4.39. The Balaban J connectivity index is 2.06. The van der Waals surface area contributed by atoms with Crippen LogP contribution in [0.3, 0.4) is 0 Å². The first kappa shape index (κ1) is 12.0. The molecule has 0 saturated heterocycles. The first-order valence-electron chi connectivity index (χ1n) is 5.95. The lowest BCUT2D eigenvalue weighted by Gasteiger charge is -2.25. The molecule has 1 aliphatic rings. The first-order chi connectivity index (χ1) is 6.55. The minimum Gasteiger partial charge on any atom is -0.330 e. The predicted molar refractivity (Wildman–Crippen MR) is 62.3 cm³/mol. The van der Waals surface area contributed by atoms with Gasteiger partial charge in [0, 0.05) is 6.04 Å². The highest BCUT2D eigenvalue weighted by molar-refractivity contribution is 4.82. The van der Waals surface area contributed by atoms with Crippen molar-refractivity contribution in [3.63, 3.8) is 0 Å². The Morgan fingerprint density at radius 2 is 1.93 bits per heavy atom. The molecule has 0 aromatic rings. The van der Waals surface area contributed by atoms with Crippen LogP contribution in [0.15, 0.2) is 0 Å². The minimum absolute atomic E-state index is 0.444. The zero-order chi connectivity index (χ0) is 10.6. The van der Waals surface area contributed by atoms with Crippen molar-refractivity contribution in [2.75, 3.05) is 20.1 Å². The van der Waals surface area contributed by atoms with E-state index in [0.29, 0.717) is 5.41 Å². The van der Waals surface area contributed by atoms with Crippen LogP contribution in [0, 0.1) is 5.41 Å². The molecule has 84 valence electrons. The molecule has 2 heteroatoms. The summed E-state index contributed by atoms with van der Waals surface area (Å²) in [5.41, 5.74) is 6.04. The monoisotopic (exact) mass is 198 g/mol. The summed E-state index contributed by atoms with van der Waals surface area (Å²) in [5.74, 6) is 0. The summed E-state index contributed by atoms with van der Waals surface area (Å²) in [5, 5.41) is 0. The van der Waals surface area contributed by atoms with Gasteiger partial charge >= 0.3 is 0 Å². The maximum atomic E-state index is 5.59. The predicted octanol–water partition coefficient (Wildman–Crippen LogP) is 2.24. The summed E-state index contributed by atoms with van der Waals surface area (Å²) in [6.45, 7) is 6.75. The summed E-state index contributed by atoms with van der Waals surface area (Å²) in [6.07, 6.45) is 6.62. The average Bonchev–Trinajstić information content (AvgIpc) is 2.85. The van der Waals surface area contributed by atoms with E-state index in [1.807, 2.05) is 0 Å². The molecule has 0 unspecified atom stereocenters. The smallest absolute Gasteiger partial charge is 0.00933 e. The fraction of sp³-hybridized carbons (Fsp3) is 1.00. The quantitative estimate of drug-likeness (QED) is 0.680. The van der Waals surface area contributed by atoms with E-state index in [4.69, 9.17) is 5.73 Å². The molecule has 0 aromatic carbocycles. The van der Waals surface area contributed by atoms with Crippen LogP contribution in [-0.4, -0.2) is 31.1 Å². The van der Waals surface area contributed by atoms with Crippen molar-refractivity contribution in [2.24, 2.45) is 11.1 Å². The van der Waals surface area contributed by atoms with Crippen molar-refractivity contribution >= 4 is 0 Å². The van der Waals surface area contributed by atoms with Crippen LogP contribution in [0.25, 0.3) is 0 Å². The fourth-order valence-corrected chi connectivity index (χ4v) is 2.02. The van der Waals surface area contributed by atoms with E-state index in [0.717, 1.165) is 19.0 Å². The van der Waals surface area contributed by atoms with Gasteiger partial charge in [0.25, 0.3) is 0 Å². The van der Waals surface area contributed by atoms with Crippen molar-refractivity contribution in [3.8, 4) is 0 Å².